The summed E-state index contributed by atoms with van der Waals surface area (Å²) in [4.78, 5) is 26.8. The minimum Gasteiger partial charge on any atom is -0.494 e. The number of nitrogens with zero attached hydrogens (tertiary/aromatic N) is 1. The maximum absolute atomic E-state index is 13.0. The van der Waals surface area contributed by atoms with E-state index in [1.807, 2.05) is 42.2 Å². The molecule has 0 radical (unpaired) electrons. The molecular weight excluding hydrogens is 342 g/mol. The Morgan fingerprint density at radius 3 is 2.56 bits per heavy atom. The Labute approximate surface area is 163 Å². The normalized spacial score (nSPS) is 20.6. The molecule has 5 nitrogen and oxygen atoms in total. The molecular formula is C22H33NO4. The number of benzene rings is 1. The maximum Gasteiger partial charge on any atom is 0.310 e. The largest absolute Gasteiger partial charge is 0.494 e. The van der Waals surface area contributed by atoms with Crippen LogP contribution in [-0.4, -0.2) is 43.1 Å². The van der Waals surface area contributed by atoms with Gasteiger partial charge < -0.3 is 14.4 Å². The van der Waals surface area contributed by atoms with E-state index in [1.54, 1.807) is 0 Å². The van der Waals surface area contributed by atoms with Crippen LogP contribution in [0.25, 0.3) is 0 Å². The van der Waals surface area contributed by atoms with Gasteiger partial charge in [-0.2, -0.15) is 0 Å². The van der Waals surface area contributed by atoms with E-state index in [0.717, 1.165) is 25.0 Å². The number of hydrogen-bond donors (Lipinski definition) is 0. The number of carbonyl (C=O) groups is 2. The van der Waals surface area contributed by atoms with Gasteiger partial charge in [-0.25, -0.2) is 0 Å². The van der Waals surface area contributed by atoms with E-state index in [4.69, 9.17) is 9.47 Å². The lowest BCUT2D eigenvalue weighted by atomic mass is 9.84. The predicted octanol–water partition coefficient (Wildman–Crippen LogP) is 4.06. The Morgan fingerprint density at radius 1 is 1.19 bits per heavy atom. The highest BCUT2D eigenvalue weighted by molar-refractivity contribution is 5.78. The molecule has 0 spiro atoms. The Hall–Kier alpha value is -2.04. The summed E-state index contributed by atoms with van der Waals surface area (Å²) < 4.78 is 10.6. The fourth-order valence-electron chi connectivity index (χ4n) is 3.83. The first-order valence-corrected chi connectivity index (χ1v) is 10.1. The number of carbonyl (C=O) groups excluding carboxylic acids is 2. The number of rotatable bonds is 9. The van der Waals surface area contributed by atoms with Crippen molar-refractivity contribution in [2.24, 2.45) is 11.8 Å². The van der Waals surface area contributed by atoms with Crippen molar-refractivity contribution in [3.63, 3.8) is 0 Å². The van der Waals surface area contributed by atoms with Gasteiger partial charge in [0.15, 0.2) is 0 Å². The van der Waals surface area contributed by atoms with Crippen molar-refractivity contribution < 1.29 is 19.1 Å². The molecule has 1 fully saturated rings. The van der Waals surface area contributed by atoms with Crippen LogP contribution in [0.3, 0.4) is 0 Å². The monoisotopic (exact) mass is 375 g/mol. The van der Waals surface area contributed by atoms with Gasteiger partial charge in [-0.1, -0.05) is 44.9 Å². The van der Waals surface area contributed by atoms with Crippen molar-refractivity contribution >= 4 is 11.9 Å². The zero-order chi connectivity index (χ0) is 19.6. The van der Waals surface area contributed by atoms with Crippen LogP contribution in [0.2, 0.25) is 0 Å². The summed E-state index contributed by atoms with van der Waals surface area (Å²) in [6, 6.07) is 9.85. The van der Waals surface area contributed by atoms with Gasteiger partial charge in [0.25, 0.3) is 0 Å². The molecule has 1 amide bonds. The van der Waals surface area contributed by atoms with E-state index in [9.17, 15) is 9.59 Å². The lowest BCUT2D eigenvalue weighted by Crippen LogP contribution is -2.48. The molecule has 0 saturated heterocycles. The molecule has 1 aliphatic carbocycles. The standard InChI is InChI=1S/C22H33NO4/c1-17-10-7-8-13-20(17)23(16-18(2)22(25)26-3)21(24)14-9-15-27-19-11-5-4-6-12-19/h4-6,11-12,17-18,20H,7-10,13-16H2,1-3H3. The molecule has 0 heterocycles. The second kappa shape index (κ2) is 11.0. The van der Waals surface area contributed by atoms with Crippen LogP contribution in [0, 0.1) is 11.8 Å². The third-order valence-electron chi connectivity index (χ3n) is 5.41. The van der Waals surface area contributed by atoms with Crippen LogP contribution in [0.1, 0.15) is 52.4 Å². The predicted molar refractivity (Wildman–Crippen MR) is 105 cm³/mol. The van der Waals surface area contributed by atoms with Gasteiger partial charge in [-0.3, -0.25) is 9.59 Å². The zero-order valence-corrected chi connectivity index (χ0v) is 16.9. The number of ether oxygens (including phenoxy) is 2. The molecule has 3 atom stereocenters. The molecule has 150 valence electrons. The Bertz CT molecular complexity index is 589. The van der Waals surface area contributed by atoms with Crippen LogP contribution < -0.4 is 4.74 Å². The van der Waals surface area contributed by atoms with Gasteiger partial charge in [0.2, 0.25) is 5.91 Å². The van der Waals surface area contributed by atoms with Crippen LogP contribution in [0.4, 0.5) is 0 Å². The summed E-state index contributed by atoms with van der Waals surface area (Å²) in [5.41, 5.74) is 0. The van der Waals surface area contributed by atoms with Gasteiger partial charge in [-0.15, -0.1) is 0 Å². The molecule has 5 heteroatoms. The van der Waals surface area contributed by atoms with Crippen LogP contribution in [0.5, 0.6) is 5.75 Å². The van der Waals surface area contributed by atoms with Crippen molar-refractivity contribution in [3.05, 3.63) is 30.3 Å². The van der Waals surface area contributed by atoms with E-state index in [-0.39, 0.29) is 23.8 Å². The minimum atomic E-state index is -0.311. The first kappa shape index (κ1) is 21.3. The molecule has 2 rings (SSSR count). The number of esters is 1. The zero-order valence-electron chi connectivity index (χ0n) is 16.9. The fourth-order valence-corrected chi connectivity index (χ4v) is 3.83. The fraction of sp³-hybridized carbons (Fsp3) is 0.636. The minimum absolute atomic E-state index is 0.112. The summed E-state index contributed by atoms with van der Waals surface area (Å²) in [6.45, 7) is 4.99. The Morgan fingerprint density at radius 2 is 1.89 bits per heavy atom. The lowest BCUT2D eigenvalue weighted by molar-refractivity contribution is -0.147. The molecule has 3 unspecified atom stereocenters. The summed E-state index contributed by atoms with van der Waals surface area (Å²) in [5.74, 6) is 0.827. The van der Waals surface area contributed by atoms with E-state index in [1.165, 1.54) is 13.5 Å². The van der Waals surface area contributed by atoms with Crippen molar-refractivity contribution in [2.45, 2.75) is 58.4 Å². The Balaban J connectivity index is 1.92. The topological polar surface area (TPSA) is 55.8 Å². The number of methoxy groups -OCH3 is 1. The van der Waals surface area contributed by atoms with Crippen LogP contribution in [-0.2, 0) is 14.3 Å². The summed E-state index contributed by atoms with van der Waals surface area (Å²) in [6.07, 6.45) is 5.61. The molecule has 27 heavy (non-hydrogen) atoms. The SMILES string of the molecule is COC(=O)C(C)CN(C(=O)CCCOc1ccccc1)C1CCCCC1C. The third-order valence-corrected chi connectivity index (χ3v) is 5.41. The molecule has 0 bridgehead atoms. The van der Waals surface area contributed by atoms with E-state index in [0.29, 0.717) is 31.9 Å². The highest BCUT2D eigenvalue weighted by Gasteiger charge is 2.32. The van der Waals surface area contributed by atoms with E-state index >= 15 is 0 Å². The molecule has 1 aromatic rings. The van der Waals surface area contributed by atoms with E-state index < -0.39 is 0 Å². The number of amides is 1. The maximum atomic E-state index is 13.0. The van der Waals surface area contributed by atoms with Gasteiger partial charge in [0.05, 0.1) is 19.6 Å². The van der Waals surface area contributed by atoms with Crippen LogP contribution in [0.15, 0.2) is 30.3 Å². The molecule has 0 aromatic heterocycles. The second-order valence-corrected chi connectivity index (χ2v) is 7.56. The van der Waals surface area contributed by atoms with Crippen LogP contribution >= 0.6 is 0 Å². The molecule has 1 saturated carbocycles. The summed E-state index contributed by atoms with van der Waals surface area (Å²) >= 11 is 0. The van der Waals surface area contributed by atoms with Gasteiger partial charge in [0, 0.05) is 19.0 Å². The highest BCUT2D eigenvalue weighted by atomic mass is 16.5. The Kier molecular flexibility index (Phi) is 8.62. The van der Waals surface area contributed by atoms with E-state index in [2.05, 4.69) is 6.92 Å². The van der Waals surface area contributed by atoms with Gasteiger partial charge in [0.1, 0.15) is 5.75 Å². The first-order valence-electron chi connectivity index (χ1n) is 10.1. The smallest absolute Gasteiger partial charge is 0.310 e. The average Bonchev–Trinajstić information content (AvgIpc) is 2.70. The summed E-state index contributed by atoms with van der Waals surface area (Å²) in [7, 11) is 1.40. The van der Waals surface area contributed by atoms with Crippen molar-refractivity contribution in [1.29, 1.82) is 0 Å². The first-order chi connectivity index (χ1) is 13.0. The van der Waals surface area contributed by atoms with Gasteiger partial charge in [-0.05, 0) is 37.3 Å². The molecule has 0 N–H and O–H groups in total. The van der Waals surface area contributed by atoms with Gasteiger partial charge >= 0.3 is 5.97 Å². The van der Waals surface area contributed by atoms with Crippen molar-refractivity contribution in [2.75, 3.05) is 20.3 Å². The second-order valence-electron chi connectivity index (χ2n) is 7.56. The average molecular weight is 376 g/mol. The third kappa shape index (κ3) is 6.56. The number of hydrogen-bond acceptors (Lipinski definition) is 4. The lowest BCUT2D eigenvalue weighted by Gasteiger charge is -2.39. The molecule has 1 aliphatic rings. The van der Waals surface area contributed by atoms with Crippen molar-refractivity contribution in [1.82, 2.24) is 4.90 Å². The highest BCUT2D eigenvalue weighted by Crippen LogP contribution is 2.29. The van der Waals surface area contributed by atoms with Crippen molar-refractivity contribution in [3.8, 4) is 5.75 Å². The molecule has 0 aliphatic heterocycles. The number of para-hydroxylation sites is 1. The molecule has 1 aromatic carbocycles. The summed E-state index contributed by atoms with van der Waals surface area (Å²) in [5, 5.41) is 0. The quantitative estimate of drug-likeness (QED) is 0.482.